The lowest BCUT2D eigenvalue weighted by Crippen LogP contribution is -2.16. The first kappa shape index (κ1) is 36.3. The number of hydrogen-bond acceptors (Lipinski definition) is 7. The van der Waals surface area contributed by atoms with Crippen molar-refractivity contribution in [2.45, 2.75) is 131 Å². The molecule has 9 heteroatoms. The number of phenolic OH excluding ortho intramolecular Hbond substituents is 1. The third kappa shape index (κ3) is 10.3. The molecule has 0 amide bonds. The molecule has 1 aliphatic carbocycles. The minimum Gasteiger partial charge on any atom is -0.507 e. The first-order chi connectivity index (χ1) is 19.5. The number of phenols is 1. The molecule has 2 rings (SSSR count). The highest BCUT2D eigenvalue weighted by atomic mass is 31.2. The van der Waals surface area contributed by atoms with Gasteiger partial charge in [0.05, 0.1) is 26.4 Å². The van der Waals surface area contributed by atoms with Crippen LogP contribution in [0, 0.1) is 0 Å². The van der Waals surface area contributed by atoms with Crippen molar-refractivity contribution in [2.24, 2.45) is 0 Å². The second-order valence-corrected chi connectivity index (χ2v) is 16.4. The molecule has 0 saturated heterocycles. The Balaban J connectivity index is 2.88. The van der Waals surface area contributed by atoms with Crippen molar-refractivity contribution in [1.29, 1.82) is 0 Å². The normalized spacial score (nSPS) is 14.2. The third-order valence-corrected chi connectivity index (χ3v) is 12.3. The van der Waals surface area contributed by atoms with Gasteiger partial charge in [0.2, 0.25) is 0 Å². The van der Waals surface area contributed by atoms with Crippen LogP contribution in [0.5, 0.6) is 5.75 Å². The van der Waals surface area contributed by atoms with Crippen molar-refractivity contribution in [2.75, 3.05) is 26.4 Å². The number of rotatable bonds is 19. The quantitative estimate of drug-likeness (QED) is 0.122. The van der Waals surface area contributed by atoms with Gasteiger partial charge in [0.1, 0.15) is 5.75 Å². The van der Waals surface area contributed by atoms with Crippen LogP contribution in [0.2, 0.25) is 0 Å². The fraction of sp³-hybridized carbons (Fsp3) is 0.750. The number of benzene rings is 1. The zero-order valence-electron chi connectivity index (χ0n) is 26.8. The molecule has 7 nitrogen and oxygen atoms in total. The highest BCUT2D eigenvalue weighted by Gasteiger charge is 2.46. The van der Waals surface area contributed by atoms with Gasteiger partial charge in [-0.3, -0.25) is 9.13 Å². The minimum absolute atomic E-state index is 0.0252. The van der Waals surface area contributed by atoms with E-state index in [9.17, 15) is 14.2 Å². The Morgan fingerprint density at radius 1 is 0.756 bits per heavy atom. The van der Waals surface area contributed by atoms with E-state index in [2.05, 4.69) is 20.8 Å². The van der Waals surface area contributed by atoms with Crippen molar-refractivity contribution >= 4 is 21.3 Å². The largest absolute Gasteiger partial charge is 0.507 e. The SMILES string of the molecule is CCCCOP(=O)(OCCCC)C(=Cc1cc(C(C)(C)C)c(O)c2c1CCCC2)P(=O)(OCCCC)OCCCC. The molecule has 0 heterocycles. The molecule has 236 valence electrons. The van der Waals surface area contributed by atoms with Crippen LogP contribution in [0.3, 0.4) is 0 Å². The summed E-state index contributed by atoms with van der Waals surface area (Å²) < 4.78 is 53.8. The first-order valence-corrected chi connectivity index (χ1v) is 18.9. The molecule has 0 saturated carbocycles. The number of aromatic hydroxyl groups is 1. The molecule has 0 spiro atoms. The Bertz CT molecular complexity index is 1010. The second-order valence-electron chi connectivity index (χ2n) is 12.0. The summed E-state index contributed by atoms with van der Waals surface area (Å²) in [4.78, 5) is 0. The lowest BCUT2D eigenvalue weighted by molar-refractivity contribution is 0.194. The van der Waals surface area contributed by atoms with Gasteiger partial charge in [-0.05, 0) is 85.6 Å². The summed E-state index contributed by atoms with van der Waals surface area (Å²) in [5.41, 5.74) is 3.13. The molecule has 1 N–H and O–H groups in total. The summed E-state index contributed by atoms with van der Waals surface area (Å²) in [6, 6.07) is 1.95. The number of hydrogen-bond donors (Lipinski definition) is 1. The van der Waals surface area contributed by atoms with Crippen LogP contribution in [0.4, 0.5) is 0 Å². The molecule has 1 aliphatic rings. The van der Waals surface area contributed by atoms with Crippen LogP contribution < -0.4 is 0 Å². The molecule has 0 fully saturated rings. The smallest absolute Gasteiger partial charge is 0.369 e. The minimum atomic E-state index is -4.09. The Hall–Kier alpha value is -0.940. The van der Waals surface area contributed by atoms with Gasteiger partial charge in [0.15, 0.2) is 5.06 Å². The van der Waals surface area contributed by atoms with Crippen molar-refractivity contribution in [1.82, 2.24) is 0 Å². The van der Waals surface area contributed by atoms with E-state index in [1.807, 2.05) is 33.8 Å². The second kappa shape index (κ2) is 17.4. The van der Waals surface area contributed by atoms with E-state index in [1.54, 1.807) is 6.08 Å². The van der Waals surface area contributed by atoms with E-state index in [4.69, 9.17) is 18.1 Å². The third-order valence-electron chi connectivity index (χ3n) is 7.35. The molecular weight excluding hydrogens is 558 g/mol. The van der Waals surface area contributed by atoms with Crippen LogP contribution in [0.1, 0.15) is 135 Å². The molecule has 0 radical (unpaired) electrons. The fourth-order valence-electron chi connectivity index (χ4n) is 4.76. The van der Waals surface area contributed by atoms with Gasteiger partial charge in [-0.15, -0.1) is 0 Å². The monoisotopic (exact) mass is 614 g/mol. The molecular formula is C32H56O7P2. The van der Waals surface area contributed by atoms with Gasteiger partial charge < -0.3 is 23.2 Å². The maximum atomic E-state index is 14.8. The maximum Gasteiger partial charge on any atom is 0.369 e. The summed E-state index contributed by atoms with van der Waals surface area (Å²) in [6.07, 6.45) is 11.4. The van der Waals surface area contributed by atoms with Crippen LogP contribution in [0.25, 0.3) is 6.08 Å². The molecule has 0 aliphatic heterocycles. The van der Waals surface area contributed by atoms with E-state index >= 15 is 0 Å². The van der Waals surface area contributed by atoms with Gasteiger partial charge in [-0.2, -0.15) is 0 Å². The highest BCUT2D eigenvalue weighted by molar-refractivity contribution is 7.79. The predicted molar refractivity (Wildman–Crippen MR) is 170 cm³/mol. The number of unbranched alkanes of at least 4 members (excludes halogenated alkanes) is 4. The number of fused-ring (bicyclic) bond motifs is 1. The lowest BCUT2D eigenvalue weighted by atomic mass is 9.79. The Kier molecular flexibility index (Phi) is 15.4. The summed E-state index contributed by atoms with van der Waals surface area (Å²) in [5, 5.41) is 11.3. The summed E-state index contributed by atoms with van der Waals surface area (Å²) in [5.74, 6) is 0.328. The highest BCUT2D eigenvalue weighted by Crippen LogP contribution is 2.74. The van der Waals surface area contributed by atoms with Crippen molar-refractivity contribution in [3.05, 3.63) is 33.4 Å². The van der Waals surface area contributed by atoms with E-state index in [1.165, 1.54) is 0 Å². The van der Waals surface area contributed by atoms with Gasteiger partial charge in [0.25, 0.3) is 0 Å². The lowest BCUT2D eigenvalue weighted by Gasteiger charge is -2.29. The van der Waals surface area contributed by atoms with Crippen LogP contribution in [-0.2, 0) is 45.5 Å². The molecule has 0 atom stereocenters. The van der Waals surface area contributed by atoms with Gasteiger partial charge in [-0.25, -0.2) is 0 Å². The van der Waals surface area contributed by atoms with E-state index < -0.39 is 15.2 Å². The topological polar surface area (TPSA) is 91.3 Å². The summed E-state index contributed by atoms with van der Waals surface area (Å²) >= 11 is 0. The molecule has 1 aromatic rings. The van der Waals surface area contributed by atoms with Crippen molar-refractivity contribution in [3.63, 3.8) is 0 Å². The zero-order valence-corrected chi connectivity index (χ0v) is 28.5. The molecule has 1 aromatic carbocycles. The molecule has 0 unspecified atom stereocenters. The van der Waals surface area contributed by atoms with Gasteiger partial charge in [0, 0.05) is 5.56 Å². The first-order valence-electron chi connectivity index (χ1n) is 15.9. The van der Waals surface area contributed by atoms with Gasteiger partial charge >= 0.3 is 15.2 Å². The van der Waals surface area contributed by atoms with E-state index in [0.29, 0.717) is 31.4 Å². The van der Waals surface area contributed by atoms with Crippen LogP contribution in [0.15, 0.2) is 11.1 Å². The average Bonchev–Trinajstić information content (AvgIpc) is 2.92. The fourth-order valence-corrected chi connectivity index (χ4v) is 9.40. The molecule has 0 aromatic heterocycles. The predicted octanol–water partition coefficient (Wildman–Crippen LogP) is 10.5. The summed E-state index contributed by atoms with van der Waals surface area (Å²) in [7, 11) is -8.18. The standard InChI is InChI=1S/C32H56O7P2/c1-8-12-20-36-40(34,37-21-13-9-2)30(41(35,38-22-14-10-3)39-23-15-11-4)25-26-24-29(32(5,6)7)31(33)28-19-17-16-18-27(26)28/h24-25,33H,8-23H2,1-7H3. The van der Waals surface area contributed by atoms with Gasteiger partial charge in [-0.1, -0.05) is 74.1 Å². The van der Waals surface area contributed by atoms with E-state index in [0.717, 1.165) is 73.6 Å². The Morgan fingerprint density at radius 2 is 1.15 bits per heavy atom. The van der Waals surface area contributed by atoms with Crippen LogP contribution >= 0.6 is 15.2 Å². The Morgan fingerprint density at radius 3 is 1.51 bits per heavy atom. The van der Waals surface area contributed by atoms with Crippen molar-refractivity contribution in [3.8, 4) is 5.75 Å². The maximum absolute atomic E-state index is 14.8. The molecule has 41 heavy (non-hydrogen) atoms. The molecule has 0 bridgehead atoms. The zero-order chi connectivity index (χ0) is 30.5. The van der Waals surface area contributed by atoms with Crippen LogP contribution in [-0.4, -0.2) is 31.5 Å². The average molecular weight is 615 g/mol. The van der Waals surface area contributed by atoms with Crippen molar-refractivity contribution < 1.29 is 32.3 Å². The summed E-state index contributed by atoms with van der Waals surface area (Å²) in [6.45, 7) is 15.2. The Labute approximate surface area is 249 Å². The van der Waals surface area contributed by atoms with E-state index in [-0.39, 0.29) is 36.9 Å².